The molecule has 6 heteroatoms. The van der Waals surface area contributed by atoms with Gasteiger partial charge in [-0.3, -0.25) is 9.88 Å². The summed E-state index contributed by atoms with van der Waals surface area (Å²) in [5, 5.41) is 10.5. The van der Waals surface area contributed by atoms with Gasteiger partial charge in [-0.05, 0) is 25.0 Å². The van der Waals surface area contributed by atoms with Crippen LogP contribution in [0.3, 0.4) is 0 Å². The summed E-state index contributed by atoms with van der Waals surface area (Å²) in [6.45, 7) is 4.79. The van der Waals surface area contributed by atoms with Crippen molar-refractivity contribution < 1.29 is 9.84 Å². The number of anilines is 1. The van der Waals surface area contributed by atoms with Crippen LogP contribution >= 0.6 is 0 Å². The van der Waals surface area contributed by atoms with E-state index < -0.39 is 0 Å². The van der Waals surface area contributed by atoms with Gasteiger partial charge in [0.15, 0.2) is 0 Å². The van der Waals surface area contributed by atoms with E-state index in [0.717, 1.165) is 62.5 Å². The van der Waals surface area contributed by atoms with Crippen LogP contribution in [0.5, 0.6) is 0 Å². The highest BCUT2D eigenvalue weighted by atomic mass is 16.5. The number of ether oxygens (including phenoxy) is 1. The Labute approximate surface area is 142 Å². The van der Waals surface area contributed by atoms with Crippen LogP contribution in [0.4, 0.5) is 5.82 Å². The molecule has 2 fully saturated rings. The molecule has 6 nitrogen and oxygen atoms in total. The van der Waals surface area contributed by atoms with Crippen molar-refractivity contribution in [1.29, 1.82) is 0 Å². The third-order valence-corrected chi connectivity index (χ3v) is 5.00. The third kappa shape index (κ3) is 3.36. The number of aliphatic hydroxyl groups is 1. The molecule has 1 atom stereocenters. The van der Waals surface area contributed by atoms with E-state index in [2.05, 4.69) is 14.8 Å². The van der Waals surface area contributed by atoms with Gasteiger partial charge < -0.3 is 14.7 Å². The number of benzene rings is 1. The fourth-order valence-electron chi connectivity index (χ4n) is 3.70. The minimum Gasteiger partial charge on any atom is -0.390 e. The number of hydrogen-bond donors (Lipinski definition) is 1. The maximum absolute atomic E-state index is 10.5. The van der Waals surface area contributed by atoms with Gasteiger partial charge in [0.25, 0.3) is 0 Å². The topological polar surface area (TPSA) is 61.7 Å². The van der Waals surface area contributed by atoms with E-state index in [1.165, 1.54) is 0 Å². The van der Waals surface area contributed by atoms with Gasteiger partial charge in [0.1, 0.15) is 5.82 Å². The third-order valence-electron chi connectivity index (χ3n) is 5.00. The number of β-amino-alcohol motifs (C(OH)–C–C–N with tert-alkyl or cyclic N) is 1. The molecule has 2 aliphatic heterocycles. The highest BCUT2D eigenvalue weighted by Crippen LogP contribution is 2.20. The summed E-state index contributed by atoms with van der Waals surface area (Å²) in [5.41, 5.74) is 1.80. The molecule has 0 aliphatic carbocycles. The molecule has 0 radical (unpaired) electrons. The molecule has 1 N–H and O–H groups in total. The van der Waals surface area contributed by atoms with Gasteiger partial charge in [0.05, 0.1) is 23.3 Å². The molecule has 128 valence electrons. The second-order valence-electron chi connectivity index (χ2n) is 6.66. The quantitative estimate of drug-likeness (QED) is 0.896. The summed E-state index contributed by atoms with van der Waals surface area (Å²) in [6.07, 6.45) is 3.56. The Hall–Kier alpha value is -1.76. The molecular formula is C18H24N4O2. The number of rotatable bonds is 2. The Morgan fingerprint density at radius 1 is 1.04 bits per heavy atom. The van der Waals surface area contributed by atoms with Crippen molar-refractivity contribution >= 4 is 16.9 Å². The smallest absolute Gasteiger partial charge is 0.147 e. The first-order valence-electron chi connectivity index (χ1n) is 8.76. The standard InChI is InChI=1S/C18H24N4O2/c23-15-12-21(14-5-9-24-10-6-14)7-8-22(13-15)18-11-19-16-3-1-2-4-17(16)20-18/h1-4,11,14-15,23H,5-10,12-13H2/t15-/m0/s1. The molecule has 0 bridgehead atoms. The normalized spacial score (nSPS) is 24.2. The Morgan fingerprint density at radius 2 is 1.83 bits per heavy atom. The summed E-state index contributed by atoms with van der Waals surface area (Å²) in [4.78, 5) is 13.8. The van der Waals surface area contributed by atoms with E-state index in [9.17, 15) is 5.11 Å². The molecule has 4 rings (SSSR count). The summed E-state index contributed by atoms with van der Waals surface area (Å²) in [5.74, 6) is 0.849. The van der Waals surface area contributed by atoms with Gasteiger partial charge in [0.2, 0.25) is 0 Å². The lowest BCUT2D eigenvalue weighted by atomic mass is 10.1. The predicted molar refractivity (Wildman–Crippen MR) is 93.2 cm³/mol. The average molecular weight is 328 g/mol. The zero-order valence-electron chi connectivity index (χ0n) is 13.8. The lowest BCUT2D eigenvalue weighted by molar-refractivity contribution is 0.0219. The van der Waals surface area contributed by atoms with Crippen LogP contribution in [0.25, 0.3) is 11.0 Å². The average Bonchev–Trinajstić information content (AvgIpc) is 2.84. The molecule has 2 aromatic rings. The number of para-hydroxylation sites is 2. The fourth-order valence-corrected chi connectivity index (χ4v) is 3.70. The van der Waals surface area contributed by atoms with Crippen molar-refractivity contribution in [3.63, 3.8) is 0 Å². The number of nitrogens with zero attached hydrogens (tertiary/aromatic N) is 4. The molecule has 0 amide bonds. The van der Waals surface area contributed by atoms with Crippen molar-refractivity contribution in [1.82, 2.24) is 14.9 Å². The maximum atomic E-state index is 10.5. The first kappa shape index (κ1) is 15.7. The van der Waals surface area contributed by atoms with E-state index in [4.69, 9.17) is 9.72 Å². The van der Waals surface area contributed by atoms with Crippen LogP contribution in [-0.2, 0) is 4.74 Å². The molecule has 1 aromatic heterocycles. The Morgan fingerprint density at radius 3 is 2.67 bits per heavy atom. The van der Waals surface area contributed by atoms with Crippen molar-refractivity contribution in [2.45, 2.75) is 25.0 Å². The van der Waals surface area contributed by atoms with Gasteiger partial charge in [-0.1, -0.05) is 12.1 Å². The zero-order chi connectivity index (χ0) is 16.4. The SMILES string of the molecule is O[C@@H]1CN(c2cnc3ccccc3n2)CCN(C2CCOCC2)C1. The molecule has 24 heavy (non-hydrogen) atoms. The largest absolute Gasteiger partial charge is 0.390 e. The number of aromatic nitrogens is 2. The molecular weight excluding hydrogens is 304 g/mol. The molecule has 3 heterocycles. The second kappa shape index (κ2) is 7.01. The molecule has 0 unspecified atom stereocenters. The molecule has 1 aromatic carbocycles. The first-order valence-corrected chi connectivity index (χ1v) is 8.76. The van der Waals surface area contributed by atoms with E-state index in [-0.39, 0.29) is 6.10 Å². The lowest BCUT2D eigenvalue weighted by Gasteiger charge is -2.33. The monoisotopic (exact) mass is 328 g/mol. The van der Waals surface area contributed by atoms with Crippen LogP contribution in [-0.4, -0.2) is 71.5 Å². The van der Waals surface area contributed by atoms with E-state index in [1.54, 1.807) is 0 Å². The maximum Gasteiger partial charge on any atom is 0.147 e. The van der Waals surface area contributed by atoms with Crippen molar-refractivity contribution in [2.75, 3.05) is 44.3 Å². The highest BCUT2D eigenvalue weighted by Gasteiger charge is 2.28. The number of fused-ring (bicyclic) bond motifs is 1. The summed E-state index contributed by atoms with van der Waals surface area (Å²) >= 11 is 0. The van der Waals surface area contributed by atoms with Crippen molar-refractivity contribution in [3.05, 3.63) is 30.5 Å². The summed E-state index contributed by atoms with van der Waals surface area (Å²) in [7, 11) is 0. The fraction of sp³-hybridized carbons (Fsp3) is 0.556. The van der Waals surface area contributed by atoms with Crippen LogP contribution in [0.15, 0.2) is 30.5 Å². The molecule has 2 saturated heterocycles. The zero-order valence-corrected chi connectivity index (χ0v) is 13.8. The van der Waals surface area contributed by atoms with E-state index in [0.29, 0.717) is 12.6 Å². The predicted octanol–water partition coefficient (Wildman–Crippen LogP) is 1.29. The van der Waals surface area contributed by atoms with Crippen LogP contribution < -0.4 is 4.90 Å². The Balaban J connectivity index is 1.51. The van der Waals surface area contributed by atoms with Crippen LogP contribution in [0, 0.1) is 0 Å². The van der Waals surface area contributed by atoms with E-state index >= 15 is 0 Å². The van der Waals surface area contributed by atoms with Crippen LogP contribution in [0.1, 0.15) is 12.8 Å². The van der Waals surface area contributed by atoms with Gasteiger partial charge in [0, 0.05) is 45.4 Å². The second-order valence-corrected chi connectivity index (χ2v) is 6.66. The molecule has 2 aliphatic rings. The summed E-state index contributed by atoms with van der Waals surface area (Å²) in [6, 6.07) is 8.42. The Bertz CT molecular complexity index is 690. The lowest BCUT2D eigenvalue weighted by Crippen LogP contribution is -2.43. The number of aliphatic hydroxyl groups excluding tert-OH is 1. The van der Waals surface area contributed by atoms with Gasteiger partial charge in [-0.2, -0.15) is 0 Å². The summed E-state index contributed by atoms with van der Waals surface area (Å²) < 4.78 is 5.46. The minimum atomic E-state index is -0.372. The first-order chi connectivity index (χ1) is 11.8. The van der Waals surface area contributed by atoms with Crippen molar-refractivity contribution in [2.24, 2.45) is 0 Å². The minimum absolute atomic E-state index is 0.372. The number of hydrogen-bond acceptors (Lipinski definition) is 6. The van der Waals surface area contributed by atoms with E-state index in [1.807, 2.05) is 30.5 Å². The van der Waals surface area contributed by atoms with Gasteiger partial charge >= 0.3 is 0 Å². The highest BCUT2D eigenvalue weighted by molar-refractivity contribution is 5.75. The Kier molecular flexibility index (Phi) is 4.60. The van der Waals surface area contributed by atoms with Gasteiger partial charge in [-0.15, -0.1) is 0 Å². The van der Waals surface area contributed by atoms with Gasteiger partial charge in [-0.25, -0.2) is 4.98 Å². The molecule has 0 saturated carbocycles. The van der Waals surface area contributed by atoms with Crippen molar-refractivity contribution in [3.8, 4) is 0 Å². The van der Waals surface area contributed by atoms with Crippen LogP contribution in [0.2, 0.25) is 0 Å². The molecule has 0 spiro atoms.